The first-order valence-corrected chi connectivity index (χ1v) is 9.96. The Balaban J connectivity index is 1.64. The molecule has 0 saturated heterocycles. The maximum absolute atomic E-state index is 12.9. The van der Waals surface area contributed by atoms with E-state index in [1.54, 1.807) is 0 Å². The topological polar surface area (TPSA) is 29.1 Å². The van der Waals surface area contributed by atoms with Crippen LogP contribution in [0.25, 0.3) is 10.1 Å². The van der Waals surface area contributed by atoms with E-state index in [2.05, 4.69) is 42.6 Å². The molecular weight excluding hydrogens is 350 g/mol. The highest BCUT2D eigenvalue weighted by molar-refractivity contribution is 7.21. The van der Waals surface area contributed by atoms with Crippen LogP contribution in [0.1, 0.15) is 52.2 Å². The lowest BCUT2D eigenvalue weighted by Crippen LogP contribution is -2.30. The van der Waals surface area contributed by atoms with Crippen LogP contribution in [-0.4, -0.2) is 5.91 Å². The molecule has 1 amide bonds. The molecule has 0 bridgehead atoms. The molecule has 25 heavy (non-hydrogen) atoms. The van der Waals surface area contributed by atoms with Crippen LogP contribution in [-0.2, 0) is 12.8 Å². The number of rotatable bonds is 3. The summed E-state index contributed by atoms with van der Waals surface area (Å²) in [5, 5.41) is 4.75. The summed E-state index contributed by atoms with van der Waals surface area (Å²) in [6.45, 7) is 2.13. The van der Waals surface area contributed by atoms with Gasteiger partial charge in [0.2, 0.25) is 0 Å². The quantitative estimate of drug-likeness (QED) is 0.609. The molecule has 0 radical (unpaired) electrons. The molecule has 4 heteroatoms. The number of carbonyl (C=O) groups excluding carboxylic acids is 1. The number of carbonyl (C=O) groups is 1. The summed E-state index contributed by atoms with van der Waals surface area (Å²) in [7, 11) is 0. The first kappa shape index (κ1) is 16.6. The number of hydrogen-bond donors (Lipinski definition) is 1. The molecule has 3 aromatic rings. The highest BCUT2D eigenvalue weighted by Crippen LogP contribution is 2.37. The Hall–Kier alpha value is -1.84. The molecule has 1 aliphatic carbocycles. The van der Waals surface area contributed by atoms with Gasteiger partial charge in [-0.25, -0.2) is 0 Å². The average Bonchev–Trinajstić information content (AvgIpc) is 2.98. The minimum Gasteiger partial charge on any atom is -0.344 e. The van der Waals surface area contributed by atoms with Crippen molar-refractivity contribution in [3.63, 3.8) is 0 Å². The summed E-state index contributed by atoms with van der Waals surface area (Å²) in [6, 6.07) is 14.7. The van der Waals surface area contributed by atoms with E-state index in [1.165, 1.54) is 28.0 Å². The van der Waals surface area contributed by atoms with E-state index in [1.807, 2.05) is 12.1 Å². The largest absolute Gasteiger partial charge is 0.344 e. The molecule has 0 saturated carbocycles. The average molecular weight is 370 g/mol. The third-order valence-corrected chi connectivity index (χ3v) is 6.64. The number of amides is 1. The zero-order valence-electron chi connectivity index (χ0n) is 14.1. The van der Waals surface area contributed by atoms with Crippen LogP contribution in [0.15, 0.2) is 42.5 Å². The van der Waals surface area contributed by atoms with Gasteiger partial charge in [0.25, 0.3) is 5.91 Å². The molecule has 2 aromatic carbocycles. The van der Waals surface area contributed by atoms with Gasteiger partial charge in [-0.3, -0.25) is 4.79 Å². The van der Waals surface area contributed by atoms with Crippen LogP contribution in [0, 0.1) is 0 Å². The third-order valence-electron chi connectivity index (χ3n) is 4.98. The molecule has 0 spiro atoms. The fourth-order valence-corrected chi connectivity index (χ4v) is 5.09. The molecule has 1 atom stereocenters. The molecule has 1 aromatic heterocycles. The summed E-state index contributed by atoms with van der Waals surface area (Å²) in [5.41, 5.74) is 3.85. The second-order valence-corrected chi connectivity index (χ2v) is 7.98. The van der Waals surface area contributed by atoms with Crippen LogP contribution in [0.2, 0.25) is 5.02 Å². The maximum atomic E-state index is 12.9. The predicted molar refractivity (Wildman–Crippen MR) is 106 cm³/mol. The van der Waals surface area contributed by atoms with E-state index in [9.17, 15) is 4.79 Å². The molecule has 4 rings (SSSR count). The van der Waals surface area contributed by atoms with Gasteiger partial charge < -0.3 is 5.32 Å². The number of halogens is 1. The lowest BCUT2D eigenvalue weighted by Gasteiger charge is -2.26. The standard InChI is InChI=1S/C21H20ClNOS/c1-2-13-10-11-16-18(12-13)25-20(19(16)22)21(24)23-17-9-5-7-14-6-3-4-8-15(14)17/h3-4,6,8,10-12,17H,2,5,7,9H2,1H3,(H,23,24)/t17-/m0/s1. The van der Waals surface area contributed by atoms with Gasteiger partial charge in [0, 0.05) is 10.1 Å². The SMILES string of the molecule is CCc1ccc2c(Cl)c(C(=O)N[C@H]3CCCc4ccccc43)sc2c1. The second kappa shape index (κ2) is 6.81. The molecule has 0 unspecified atom stereocenters. The Labute approximate surface area is 156 Å². The summed E-state index contributed by atoms with van der Waals surface area (Å²) in [5.74, 6) is -0.0639. The van der Waals surface area contributed by atoms with Gasteiger partial charge in [0.15, 0.2) is 0 Å². The van der Waals surface area contributed by atoms with Crippen LogP contribution in [0.4, 0.5) is 0 Å². The number of fused-ring (bicyclic) bond motifs is 2. The Bertz CT molecular complexity index is 946. The molecule has 2 nitrogen and oxygen atoms in total. The van der Waals surface area contributed by atoms with Crippen LogP contribution in [0.5, 0.6) is 0 Å². The van der Waals surface area contributed by atoms with E-state index in [4.69, 9.17) is 11.6 Å². The van der Waals surface area contributed by atoms with Crippen molar-refractivity contribution in [2.45, 2.75) is 38.6 Å². The van der Waals surface area contributed by atoms with Gasteiger partial charge in [0.05, 0.1) is 11.1 Å². The molecule has 128 valence electrons. The predicted octanol–water partition coefficient (Wildman–Crippen LogP) is 5.92. The highest BCUT2D eigenvalue weighted by Gasteiger charge is 2.24. The van der Waals surface area contributed by atoms with Crippen molar-refractivity contribution < 1.29 is 4.79 Å². The van der Waals surface area contributed by atoms with Crippen molar-refractivity contribution >= 4 is 38.9 Å². The van der Waals surface area contributed by atoms with Gasteiger partial charge >= 0.3 is 0 Å². The van der Waals surface area contributed by atoms with Gasteiger partial charge in [-0.05, 0) is 48.4 Å². The number of thiophene rings is 1. The second-order valence-electron chi connectivity index (χ2n) is 6.55. The van der Waals surface area contributed by atoms with Crippen LogP contribution >= 0.6 is 22.9 Å². The first-order chi connectivity index (χ1) is 12.2. The minimum absolute atomic E-state index is 0.0639. The van der Waals surface area contributed by atoms with Gasteiger partial charge in [-0.15, -0.1) is 11.3 Å². The van der Waals surface area contributed by atoms with E-state index < -0.39 is 0 Å². The van der Waals surface area contributed by atoms with Gasteiger partial charge in [-0.2, -0.15) is 0 Å². The molecule has 1 heterocycles. The Kier molecular flexibility index (Phi) is 4.53. The Morgan fingerprint density at radius 3 is 2.96 bits per heavy atom. The molecule has 0 aliphatic heterocycles. The zero-order chi connectivity index (χ0) is 17.4. The van der Waals surface area contributed by atoms with Gasteiger partial charge in [0.1, 0.15) is 4.88 Å². The van der Waals surface area contributed by atoms with E-state index in [0.717, 1.165) is 35.8 Å². The normalized spacial score (nSPS) is 16.6. The maximum Gasteiger partial charge on any atom is 0.263 e. The number of aryl methyl sites for hydroxylation is 2. The summed E-state index contributed by atoms with van der Waals surface area (Å²) in [4.78, 5) is 13.5. The first-order valence-electron chi connectivity index (χ1n) is 8.77. The minimum atomic E-state index is -0.0639. The summed E-state index contributed by atoms with van der Waals surface area (Å²) < 4.78 is 1.08. The number of benzene rings is 2. The number of hydrogen-bond acceptors (Lipinski definition) is 2. The monoisotopic (exact) mass is 369 g/mol. The van der Waals surface area contributed by atoms with Crippen molar-refractivity contribution in [2.75, 3.05) is 0 Å². The molecule has 0 fully saturated rings. The number of nitrogens with one attached hydrogen (secondary N) is 1. The van der Waals surface area contributed by atoms with Crippen LogP contribution in [0.3, 0.4) is 0 Å². The molecule has 1 N–H and O–H groups in total. The van der Waals surface area contributed by atoms with Gasteiger partial charge in [-0.1, -0.05) is 54.9 Å². The van der Waals surface area contributed by atoms with Crippen molar-refractivity contribution in [3.05, 3.63) is 69.1 Å². The van der Waals surface area contributed by atoms with E-state index >= 15 is 0 Å². The Morgan fingerprint density at radius 2 is 2.12 bits per heavy atom. The van der Waals surface area contributed by atoms with E-state index in [0.29, 0.717) is 9.90 Å². The fourth-order valence-electron chi connectivity index (χ4n) is 3.60. The van der Waals surface area contributed by atoms with E-state index in [-0.39, 0.29) is 11.9 Å². The summed E-state index contributed by atoms with van der Waals surface area (Å²) in [6.07, 6.45) is 4.14. The fraction of sp³-hybridized carbons (Fsp3) is 0.286. The lowest BCUT2D eigenvalue weighted by molar-refractivity contribution is 0.0937. The Morgan fingerprint density at radius 1 is 1.28 bits per heavy atom. The smallest absolute Gasteiger partial charge is 0.263 e. The van der Waals surface area contributed by atoms with Crippen molar-refractivity contribution in [1.82, 2.24) is 5.32 Å². The van der Waals surface area contributed by atoms with Crippen molar-refractivity contribution in [3.8, 4) is 0 Å². The van der Waals surface area contributed by atoms with Crippen LogP contribution < -0.4 is 5.32 Å². The highest BCUT2D eigenvalue weighted by atomic mass is 35.5. The lowest BCUT2D eigenvalue weighted by atomic mass is 9.88. The van der Waals surface area contributed by atoms with Crippen molar-refractivity contribution in [1.29, 1.82) is 0 Å². The third kappa shape index (κ3) is 3.07. The summed E-state index contributed by atoms with van der Waals surface area (Å²) >= 11 is 8.00. The molecular formula is C21H20ClNOS. The zero-order valence-corrected chi connectivity index (χ0v) is 15.7. The molecule has 1 aliphatic rings. The van der Waals surface area contributed by atoms with Crippen molar-refractivity contribution in [2.24, 2.45) is 0 Å².